The van der Waals surface area contributed by atoms with Crippen LogP contribution >= 0.6 is 11.6 Å². The standard InChI is InChI=1S/C20H13ClN2O2/c21-16-11-14(7-9-18(16)24)19-22-17-8-6-13(10-15(17)20(25)23-19)12-4-2-1-3-5-12/h1-11,24H,(H,22,23,25). The number of hydrogen-bond donors (Lipinski definition) is 2. The summed E-state index contributed by atoms with van der Waals surface area (Å²) < 4.78 is 0. The first kappa shape index (κ1) is 15.4. The van der Waals surface area contributed by atoms with Crippen LogP contribution in [0.4, 0.5) is 0 Å². The summed E-state index contributed by atoms with van der Waals surface area (Å²) in [5, 5.41) is 10.3. The smallest absolute Gasteiger partial charge is 0.259 e. The van der Waals surface area contributed by atoms with Crippen LogP contribution in [0.25, 0.3) is 33.4 Å². The third kappa shape index (κ3) is 2.88. The molecule has 122 valence electrons. The van der Waals surface area contributed by atoms with Crippen LogP contribution in [-0.4, -0.2) is 15.1 Å². The van der Waals surface area contributed by atoms with E-state index in [0.717, 1.165) is 11.1 Å². The van der Waals surface area contributed by atoms with Crippen molar-refractivity contribution in [2.45, 2.75) is 0 Å². The highest BCUT2D eigenvalue weighted by Gasteiger charge is 2.09. The Labute approximate surface area is 148 Å². The molecule has 25 heavy (non-hydrogen) atoms. The molecule has 1 aromatic heterocycles. The van der Waals surface area contributed by atoms with Gasteiger partial charge in [0.05, 0.1) is 15.9 Å². The molecule has 0 amide bonds. The first-order valence-electron chi connectivity index (χ1n) is 7.70. The van der Waals surface area contributed by atoms with Crippen LogP contribution in [0, 0.1) is 0 Å². The lowest BCUT2D eigenvalue weighted by Gasteiger charge is -2.06. The van der Waals surface area contributed by atoms with Crippen LogP contribution in [0.5, 0.6) is 5.75 Å². The largest absolute Gasteiger partial charge is 0.506 e. The Bertz CT molecular complexity index is 1140. The van der Waals surface area contributed by atoms with Crippen LogP contribution < -0.4 is 5.56 Å². The molecule has 0 spiro atoms. The molecule has 0 fully saturated rings. The normalized spacial score (nSPS) is 10.9. The van der Waals surface area contributed by atoms with Gasteiger partial charge in [-0.15, -0.1) is 0 Å². The molecule has 5 heteroatoms. The van der Waals surface area contributed by atoms with Crippen molar-refractivity contribution in [3.05, 3.63) is 82.1 Å². The lowest BCUT2D eigenvalue weighted by Crippen LogP contribution is -2.09. The zero-order chi connectivity index (χ0) is 17.4. The van der Waals surface area contributed by atoms with E-state index in [1.807, 2.05) is 48.5 Å². The lowest BCUT2D eigenvalue weighted by molar-refractivity contribution is 0.475. The van der Waals surface area contributed by atoms with E-state index in [4.69, 9.17) is 11.6 Å². The number of fused-ring (bicyclic) bond motifs is 1. The Hall–Kier alpha value is -3.11. The molecular formula is C20H13ClN2O2. The van der Waals surface area contributed by atoms with Crippen molar-refractivity contribution in [2.24, 2.45) is 0 Å². The molecule has 0 radical (unpaired) electrons. The number of hydrogen-bond acceptors (Lipinski definition) is 3. The highest BCUT2D eigenvalue weighted by Crippen LogP contribution is 2.28. The quantitative estimate of drug-likeness (QED) is 0.555. The van der Waals surface area contributed by atoms with Gasteiger partial charge in [0.15, 0.2) is 0 Å². The van der Waals surface area contributed by atoms with Gasteiger partial charge in [-0.3, -0.25) is 4.79 Å². The second-order valence-electron chi connectivity index (χ2n) is 5.68. The van der Waals surface area contributed by atoms with Crippen molar-refractivity contribution in [3.8, 4) is 28.3 Å². The molecule has 3 aromatic carbocycles. The van der Waals surface area contributed by atoms with Crippen LogP contribution in [0.1, 0.15) is 0 Å². The molecular weight excluding hydrogens is 336 g/mol. The van der Waals surface area contributed by atoms with Crippen molar-refractivity contribution in [1.82, 2.24) is 9.97 Å². The Morgan fingerprint density at radius 3 is 2.40 bits per heavy atom. The average Bonchev–Trinajstić information content (AvgIpc) is 2.64. The molecule has 0 aliphatic carbocycles. The van der Waals surface area contributed by atoms with Gasteiger partial charge in [-0.2, -0.15) is 0 Å². The van der Waals surface area contributed by atoms with Gasteiger partial charge in [-0.05, 0) is 41.5 Å². The van der Waals surface area contributed by atoms with Crippen molar-refractivity contribution < 1.29 is 5.11 Å². The van der Waals surface area contributed by atoms with Crippen molar-refractivity contribution in [1.29, 1.82) is 0 Å². The number of nitrogens with one attached hydrogen (secondary N) is 1. The monoisotopic (exact) mass is 348 g/mol. The van der Waals surface area contributed by atoms with Crippen molar-refractivity contribution in [2.75, 3.05) is 0 Å². The first-order valence-corrected chi connectivity index (χ1v) is 8.08. The Morgan fingerprint density at radius 2 is 1.64 bits per heavy atom. The topological polar surface area (TPSA) is 66.0 Å². The van der Waals surface area contributed by atoms with Crippen LogP contribution in [0.2, 0.25) is 5.02 Å². The highest BCUT2D eigenvalue weighted by molar-refractivity contribution is 6.32. The molecule has 0 saturated carbocycles. The SMILES string of the molecule is O=c1[nH]c(-c2ccc(O)c(Cl)c2)nc2ccc(-c3ccccc3)cc12. The first-order chi connectivity index (χ1) is 12.1. The Morgan fingerprint density at radius 1 is 0.880 bits per heavy atom. The maximum atomic E-state index is 12.5. The van der Waals surface area contributed by atoms with E-state index in [1.165, 1.54) is 6.07 Å². The summed E-state index contributed by atoms with van der Waals surface area (Å²) in [5.74, 6) is 0.396. The third-order valence-corrected chi connectivity index (χ3v) is 4.34. The van der Waals surface area contributed by atoms with E-state index in [9.17, 15) is 9.90 Å². The summed E-state index contributed by atoms with van der Waals surface area (Å²) in [6.07, 6.45) is 0. The number of phenols is 1. The van der Waals surface area contributed by atoms with E-state index >= 15 is 0 Å². The maximum absolute atomic E-state index is 12.5. The summed E-state index contributed by atoms with van der Waals surface area (Å²) in [6, 6.07) is 20.2. The van der Waals surface area contributed by atoms with Gasteiger partial charge in [-0.25, -0.2) is 4.98 Å². The minimum absolute atomic E-state index is 0.0129. The number of aromatic amines is 1. The van der Waals surface area contributed by atoms with Crippen LogP contribution in [0.3, 0.4) is 0 Å². The van der Waals surface area contributed by atoms with Crippen molar-refractivity contribution in [3.63, 3.8) is 0 Å². The van der Waals surface area contributed by atoms with Gasteiger partial charge in [0.25, 0.3) is 5.56 Å². The average molecular weight is 349 g/mol. The minimum atomic E-state index is -0.220. The van der Waals surface area contributed by atoms with E-state index in [0.29, 0.717) is 22.3 Å². The summed E-state index contributed by atoms with van der Waals surface area (Å²) in [7, 11) is 0. The number of rotatable bonds is 2. The number of H-pyrrole nitrogens is 1. The van der Waals surface area contributed by atoms with Gasteiger partial charge in [-0.1, -0.05) is 48.0 Å². The molecule has 1 heterocycles. The number of phenolic OH excluding ortho intramolecular Hbond substituents is 1. The zero-order valence-electron chi connectivity index (χ0n) is 13.0. The molecule has 0 unspecified atom stereocenters. The summed E-state index contributed by atoms with van der Waals surface area (Å²) in [4.78, 5) is 19.8. The molecule has 2 N–H and O–H groups in total. The van der Waals surface area contributed by atoms with E-state index < -0.39 is 0 Å². The molecule has 0 bridgehead atoms. The van der Waals surface area contributed by atoms with E-state index in [1.54, 1.807) is 12.1 Å². The van der Waals surface area contributed by atoms with Gasteiger partial charge in [0, 0.05) is 5.56 Å². The van der Waals surface area contributed by atoms with Crippen LogP contribution in [0.15, 0.2) is 71.5 Å². The van der Waals surface area contributed by atoms with E-state index in [2.05, 4.69) is 9.97 Å². The van der Waals surface area contributed by atoms with Gasteiger partial charge >= 0.3 is 0 Å². The fraction of sp³-hybridized carbons (Fsp3) is 0. The zero-order valence-corrected chi connectivity index (χ0v) is 13.8. The number of aromatic hydroxyl groups is 1. The van der Waals surface area contributed by atoms with Crippen LogP contribution in [-0.2, 0) is 0 Å². The fourth-order valence-corrected chi connectivity index (χ4v) is 2.92. The second kappa shape index (κ2) is 6.07. The second-order valence-corrected chi connectivity index (χ2v) is 6.09. The van der Waals surface area contributed by atoms with Gasteiger partial charge < -0.3 is 10.1 Å². The Kier molecular flexibility index (Phi) is 3.75. The van der Waals surface area contributed by atoms with E-state index in [-0.39, 0.29) is 16.3 Å². The van der Waals surface area contributed by atoms with Gasteiger partial charge in [0.1, 0.15) is 11.6 Å². The molecule has 0 aliphatic heterocycles. The summed E-state index contributed by atoms with van der Waals surface area (Å²) >= 11 is 5.94. The lowest BCUT2D eigenvalue weighted by atomic mass is 10.0. The maximum Gasteiger partial charge on any atom is 0.259 e. The molecule has 4 aromatic rings. The summed E-state index contributed by atoms with van der Waals surface area (Å²) in [5.41, 5.74) is 3.01. The predicted molar refractivity (Wildman–Crippen MR) is 99.9 cm³/mol. The predicted octanol–water partition coefficient (Wildman–Crippen LogP) is 4.62. The van der Waals surface area contributed by atoms with Gasteiger partial charge in [0.2, 0.25) is 0 Å². The van der Waals surface area contributed by atoms with Crippen molar-refractivity contribution >= 4 is 22.5 Å². The molecule has 0 aliphatic rings. The molecule has 0 atom stereocenters. The Balaban J connectivity index is 1.86. The minimum Gasteiger partial charge on any atom is -0.506 e. The summed E-state index contributed by atoms with van der Waals surface area (Å²) in [6.45, 7) is 0. The highest BCUT2D eigenvalue weighted by atomic mass is 35.5. The molecule has 0 saturated heterocycles. The molecule has 4 rings (SSSR count). The third-order valence-electron chi connectivity index (χ3n) is 4.03. The fourth-order valence-electron chi connectivity index (χ4n) is 2.74. The number of halogens is 1. The number of aromatic nitrogens is 2. The number of benzene rings is 3. The molecule has 4 nitrogen and oxygen atoms in total. The number of nitrogens with zero attached hydrogens (tertiary/aromatic N) is 1.